The second-order valence-electron chi connectivity index (χ2n) is 6.33. The van der Waals surface area contributed by atoms with Gasteiger partial charge >= 0.3 is 0 Å². The summed E-state index contributed by atoms with van der Waals surface area (Å²) in [7, 11) is 3.35. The molecule has 0 radical (unpaired) electrons. The van der Waals surface area contributed by atoms with Gasteiger partial charge in [0.2, 0.25) is 0 Å². The molecule has 4 heteroatoms. The molecule has 1 saturated heterocycles. The van der Waals surface area contributed by atoms with E-state index in [0.717, 1.165) is 12.8 Å². The Hall–Kier alpha value is -0.420. The number of unbranched alkanes of at least 4 members (excludes halogenated alkanes) is 5. The number of allylic oxidation sites excluding steroid dienone is 1. The van der Waals surface area contributed by atoms with Gasteiger partial charge in [0.15, 0.2) is 0 Å². The predicted molar refractivity (Wildman–Crippen MR) is 89.0 cm³/mol. The third-order valence-electron chi connectivity index (χ3n) is 4.70. The average Bonchev–Trinajstić information content (AvgIpc) is 2.91. The summed E-state index contributed by atoms with van der Waals surface area (Å²) in [6, 6.07) is 0. The Labute approximate surface area is 135 Å². The van der Waals surface area contributed by atoms with Crippen molar-refractivity contribution in [2.45, 2.75) is 76.3 Å². The van der Waals surface area contributed by atoms with Crippen molar-refractivity contribution in [2.75, 3.05) is 20.8 Å². The van der Waals surface area contributed by atoms with Crippen LogP contribution in [-0.4, -0.2) is 50.3 Å². The lowest BCUT2D eigenvalue weighted by Crippen LogP contribution is -2.39. The molecule has 0 aromatic carbocycles. The van der Waals surface area contributed by atoms with E-state index in [1.807, 2.05) is 6.08 Å². The highest BCUT2D eigenvalue weighted by molar-refractivity contribution is 4.94. The van der Waals surface area contributed by atoms with Crippen LogP contribution in [0.25, 0.3) is 0 Å². The lowest BCUT2D eigenvalue weighted by molar-refractivity contribution is -0.0477. The number of aliphatic hydroxyl groups is 1. The molecule has 1 unspecified atom stereocenters. The van der Waals surface area contributed by atoms with E-state index in [4.69, 9.17) is 14.2 Å². The zero-order chi connectivity index (χ0) is 16.4. The van der Waals surface area contributed by atoms with E-state index in [0.29, 0.717) is 5.92 Å². The second kappa shape index (κ2) is 11.2. The number of rotatable bonds is 12. The standard InChI is InChI=1S/C18H34O4/c1-5-6-7-8-9-10-11-12-14(2)16-18(21-4)17(20-3)15(13-19)22-16/h5,14-19H,1,6-13H2,2-4H3/t14?,15-,16+,17-,18-/m1/s1. The number of methoxy groups -OCH3 is 2. The van der Waals surface area contributed by atoms with Crippen molar-refractivity contribution in [3.63, 3.8) is 0 Å². The average molecular weight is 314 g/mol. The first kappa shape index (κ1) is 19.6. The molecule has 0 amide bonds. The molecule has 22 heavy (non-hydrogen) atoms. The molecule has 1 aliphatic rings. The van der Waals surface area contributed by atoms with Gasteiger partial charge in [0, 0.05) is 14.2 Å². The lowest BCUT2D eigenvalue weighted by atomic mass is 9.92. The summed E-state index contributed by atoms with van der Waals surface area (Å²) in [6.45, 7) is 5.94. The van der Waals surface area contributed by atoms with Crippen molar-refractivity contribution >= 4 is 0 Å². The minimum atomic E-state index is -0.277. The fourth-order valence-electron chi connectivity index (χ4n) is 3.36. The first-order valence-electron chi connectivity index (χ1n) is 8.62. The van der Waals surface area contributed by atoms with Crippen LogP contribution in [0.15, 0.2) is 12.7 Å². The predicted octanol–water partition coefficient (Wildman–Crippen LogP) is 3.33. The smallest absolute Gasteiger partial charge is 0.114 e. The van der Waals surface area contributed by atoms with Gasteiger partial charge in [-0.3, -0.25) is 0 Å². The topological polar surface area (TPSA) is 47.9 Å². The van der Waals surface area contributed by atoms with Crippen molar-refractivity contribution in [3.05, 3.63) is 12.7 Å². The highest BCUT2D eigenvalue weighted by atomic mass is 16.6. The Balaban J connectivity index is 2.31. The first-order valence-corrected chi connectivity index (χ1v) is 8.62. The molecule has 0 aromatic heterocycles. The van der Waals surface area contributed by atoms with Gasteiger partial charge in [-0.1, -0.05) is 38.7 Å². The third kappa shape index (κ3) is 5.65. The van der Waals surface area contributed by atoms with Crippen molar-refractivity contribution in [1.82, 2.24) is 0 Å². The molecule has 1 N–H and O–H groups in total. The molecule has 1 fully saturated rings. The Kier molecular flexibility index (Phi) is 9.96. The van der Waals surface area contributed by atoms with E-state index in [9.17, 15) is 5.11 Å². The minimum absolute atomic E-state index is 0.00728. The zero-order valence-corrected chi connectivity index (χ0v) is 14.5. The van der Waals surface area contributed by atoms with Crippen molar-refractivity contribution in [3.8, 4) is 0 Å². The summed E-state index contributed by atoms with van der Waals surface area (Å²) >= 11 is 0. The van der Waals surface area contributed by atoms with E-state index in [1.54, 1.807) is 14.2 Å². The van der Waals surface area contributed by atoms with Gasteiger partial charge in [0.05, 0.1) is 12.7 Å². The Morgan fingerprint density at radius 2 is 1.73 bits per heavy atom. The first-order chi connectivity index (χ1) is 10.7. The van der Waals surface area contributed by atoms with E-state index in [2.05, 4.69) is 13.5 Å². The van der Waals surface area contributed by atoms with Gasteiger partial charge in [0.25, 0.3) is 0 Å². The maximum Gasteiger partial charge on any atom is 0.114 e. The summed E-state index contributed by atoms with van der Waals surface area (Å²) < 4.78 is 17.0. The SMILES string of the molecule is C=CCCCCCCCC(C)[C@@H]1O[C@H](CO)[C@@H](OC)[C@@H]1OC. The fraction of sp³-hybridized carbons (Fsp3) is 0.889. The van der Waals surface area contributed by atoms with Crippen LogP contribution in [0, 0.1) is 5.92 Å². The number of hydrogen-bond donors (Lipinski definition) is 1. The van der Waals surface area contributed by atoms with E-state index >= 15 is 0 Å². The molecule has 1 aliphatic heterocycles. The molecule has 4 nitrogen and oxygen atoms in total. The van der Waals surface area contributed by atoms with Crippen LogP contribution in [0.5, 0.6) is 0 Å². The van der Waals surface area contributed by atoms with Gasteiger partial charge in [0.1, 0.15) is 18.3 Å². The van der Waals surface area contributed by atoms with Crippen LogP contribution in [0.2, 0.25) is 0 Å². The Morgan fingerprint density at radius 3 is 2.32 bits per heavy atom. The van der Waals surface area contributed by atoms with Crippen LogP contribution in [0.1, 0.15) is 51.9 Å². The molecule has 0 bridgehead atoms. The van der Waals surface area contributed by atoms with Gasteiger partial charge in [-0.05, 0) is 25.2 Å². The zero-order valence-electron chi connectivity index (χ0n) is 14.5. The summed E-state index contributed by atoms with van der Waals surface area (Å²) in [5.41, 5.74) is 0. The van der Waals surface area contributed by atoms with Crippen molar-refractivity contribution in [2.24, 2.45) is 5.92 Å². The molecule has 1 heterocycles. The number of aliphatic hydroxyl groups excluding tert-OH is 1. The van der Waals surface area contributed by atoms with Crippen LogP contribution < -0.4 is 0 Å². The highest BCUT2D eigenvalue weighted by Crippen LogP contribution is 2.32. The number of ether oxygens (including phenoxy) is 3. The van der Waals surface area contributed by atoms with Crippen molar-refractivity contribution < 1.29 is 19.3 Å². The molecular formula is C18H34O4. The Bertz CT molecular complexity index is 295. The van der Waals surface area contributed by atoms with E-state index < -0.39 is 0 Å². The van der Waals surface area contributed by atoms with Crippen LogP contribution in [-0.2, 0) is 14.2 Å². The minimum Gasteiger partial charge on any atom is -0.394 e. The molecule has 0 aliphatic carbocycles. The van der Waals surface area contributed by atoms with Crippen molar-refractivity contribution in [1.29, 1.82) is 0 Å². The summed E-state index contributed by atoms with van der Waals surface area (Å²) in [4.78, 5) is 0. The summed E-state index contributed by atoms with van der Waals surface area (Å²) in [5.74, 6) is 0.410. The lowest BCUT2D eigenvalue weighted by Gasteiger charge is -2.25. The van der Waals surface area contributed by atoms with Gasteiger partial charge in [-0.2, -0.15) is 0 Å². The molecule has 0 aromatic rings. The maximum atomic E-state index is 9.43. The molecule has 5 atom stereocenters. The summed E-state index contributed by atoms with van der Waals surface area (Å²) in [6.07, 6.45) is 10.0. The molecular weight excluding hydrogens is 280 g/mol. The quantitative estimate of drug-likeness (QED) is 0.443. The summed E-state index contributed by atoms with van der Waals surface area (Å²) in [5, 5.41) is 9.43. The second-order valence-corrected chi connectivity index (χ2v) is 6.33. The van der Waals surface area contributed by atoms with Gasteiger partial charge < -0.3 is 19.3 Å². The third-order valence-corrected chi connectivity index (χ3v) is 4.70. The normalized spacial score (nSPS) is 29.6. The molecule has 130 valence electrons. The molecule has 0 saturated carbocycles. The fourth-order valence-corrected chi connectivity index (χ4v) is 3.36. The van der Waals surface area contributed by atoms with Gasteiger partial charge in [-0.15, -0.1) is 6.58 Å². The molecule has 1 rings (SSSR count). The monoisotopic (exact) mass is 314 g/mol. The van der Waals surface area contributed by atoms with E-state index in [-0.39, 0.29) is 31.0 Å². The molecule has 0 spiro atoms. The Morgan fingerprint density at radius 1 is 1.09 bits per heavy atom. The van der Waals surface area contributed by atoms with Crippen LogP contribution >= 0.6 is 0 Å². The largest absolute Gasteiger partial charge is 0.394 e. The van der Waals surface area contributed by atoms with Crippen LogP contribution in [0.4, 0.5) is 0 Å². The maximum absolute atomic E-state index is 9.43. The van der Waals surface area contributed by atoms with Gasteiger partial charge in [-0.25, -0.2) is 0 Å². The van der Waals surface area contributed by atoms with E-state index in [1.165, 1.54) is 32.1 Å². The van der Waals surface area contributed by atoms with Crippen LogP contribution in [0.3, 0.4) is 0 Å². The number of hydrogen-bond acceptors (Lipinski definition) is 4. The highest BCUT2D eigenvalue weighted by Gasteiger charge is 2.46.